The van der Waals surface area contributed by atoms with Crippen LogP contribution in [-0.2, 0) is 4.79 Å². The molecule has 0 aromatic rings. The zero-order valence-electron chi connectivity index (χ0n) is 9.33. The second kappa shape index (κ2) is 4.10. The van der Waals surface area contributed by atoms with E-state index in [1.807, 2.05) is 11.8 Å². The van der Waals surface area contributed by atoms with E-state index >= 15 is 0 Å². The van der Waals surface area contributed by atoms with E-state index in [1.165, 1.54) is 0 Å². The van der Waals surface area contributed by atoms with Crippen LogP contribution in [0.2, 0.25) is 0 Å². The molecule has 2 saturated heterocycles. The van der Waals surface area contributed by atoms with Gasteiger partial charge in [-0.05, 0) is 39.2 Å². The number of piperidine rings is 1. The van der Waals surface area contributed by atoms with Crippen molar-refractivity contribution in [2.24, 2.45) is 0 Å². The number of nitrogens with one attached hydrogen (secondary N) is 1. The van der Waals surface area contributed by atoms with E-state index in [-0.39, 0.29) is 17.6 Å². The van der Waals surface area contributed by atoms with Crippen molar-refractivity contribution in [1.82, 2.24) is 10.2 Å². The highest BCUT2D eigenvalue weighted by Crippen LogP contribution is 2.23. The Labute approximate surface area is 90.6 Å². The summed E-state index contributed by atoms with van der Waals surface area (Å²) in [7, 11) is 0. The predicted molar refractivity (Wildman–Crippen MR) is 57.5 cm³/mol. The lowest BCUT2D eigenvalue weighted by Crippen LogP contribution is -2.55. The number of hydrogen-bond acceptors (Lipinski definition) is 3. The van der Waals surface area contributed by atoms with Crippen LogP contribution in [0, 0.1) is 0 Å². The highest BCUT2D eigenvalue weighted by molar-refractivity contribution is 5.86. The van der Waals surface area contributed by atoms with Gasteiger partial charge in [0.1, 0.15) is 0 Å². The SMILES string of the molecule is CC1(C(=O)N2CCCC(O)C2)CCCN1. The number of hydrogen-bond donors (Lipinski definition) is 2. The molecule has 0 aliphatic carbocycles. The van der Waals surface area contributed by atoms with Gasteiger partial charge in [-0.15, -0.1) is 0 Å². The molecular formula is C11H20N2O2. The van der Waals surface area contributed by atoms with Gasteiger partial charge in [0.2, 0.25) is 5.91 Å². The minimum absolute atomic E-state index is 0.166. The molecule has 4 heteroatoms. The molecule has 2 rings (SSSR count). The zero-order chi connectivity index (χ0) is 10.9. The van der Waals surface area contributed by atoms with Crippen LogP contribution in [0.3, 0.4) is 0 Å². The van der Waals surface area contributed by atoms with Gasteiger partial charge in [-0.25, -0.2) is 0 Å². The number of aliphatic hydroxyl groups excluding tert-OH is 1. The highest BCUT2D eigenvalue weighted by Gasteiger charge is 2.39. The van der Waals surface area contributed by atoms with E-state index in [0.29, 0.717) is 6.54 Å². The summed E-state index contributed by atoms with van der Waals surface area (Å²) >= 11 is 0. The number of β-amino-alcohol motifs (C(OH)–C–C–N with tert-alkyl or cyclic N) is 1. The summed E-state index contributed by atoms with van der Waals surface area (Å²) < 4.78 is 0. The fourth-order valence-electron chi connectivity index (χ4n) is 2.57. The maximum absolute atomic E-state index is 12.2. The maximum Gasteiger partial charge on any atom is 0.242 e. The Bertz CT molecular complexity index is 249. The molecule has 0 aromatic heterocycles. The molecule has 1 amide bonds. The number of amides is 1. The van der Waals surface area contributed by atoms with Crippen molar-refractivity contribution in [1.29, 1.82) is 0 Å². The minimum Gasteiger partial charge on any atom is -0.391 e. The van der Waals surface area contributed by atoms with Crippen LogP contribution in [0.25, 0.3) is 0 Å². The summed E-state index contributed by atoms with van der Waals surface area (Å²) in [6.45, 7) is 4.21. The van der Waals surface area contributed by atoms with Gasteiger partial charge in [-0.2, -0.15) is 0 Å². The minimum atomic E-state index is -0.378. The van der Waals surface area contributed by atoms with Gasteiger partial charge >= 0.3 is 0 Å². The monoisotopic (exact) mass is 212 g/mol. The van der Waals surface area contributed by atoms with Crippen LogP contribution >= 0.6 is 0 Å². The summed E-state index contributed by atoms with van der Waals surface area (Å²) in [5.74, 6) is 0.166. The molecule has 2 aliphatic rings. The molecule has 0 aromatic carbocycles. The number of carbonyl (C=O) groups is 1. The first-order valence-corrected chi connectivity index (χ1v) is 5.84. The van der Waals surface area contributed by atoms with Crippen molar-refractivity contribution in [2.45, 2.75) is 44.2 Å². The quantitative estimate of drug-likeness (QED) is 0.649. The van der Waals surface area contributed by atoms with Gasteiger partial charge < -0.3 is 15.3 Å². The van der Waals surface area contributed by atoms with Crippen molar-refractivity contribution in [3.8, 4) is 0 Å². The van der Waals surface area contributed by atoms with E-state index in [9.17, 15) is 9.90 Å². The normalized spacial score (nSPS) is 36.9. The Morgan fingerprint density at radius 3 is 2.93 bits per heavy atom. The van der Waals surface area contributed by atoms with Crippen LogP contribution < -0.4 is 5.32 Å². The van der Waals surface area contributed by atoms with Crippen molar-refractivity contribution in [3.05, 3.63) is 0 Å². The van der Waals surface area contributed by atoms with Crippen molar-refractivity contribution in [3.63, 3.8) is 0 Å². The number of rotatable bonds is 1. The third-order valence-corrected chi connectivity index (χ3v) is 3.52. The van der Waals surface area contributed by atoms with Gasteiger partial charge in [0.25, 0.3) is 0 Å². The Hall–Kier alpha value is -0.610. The molecule has 0 radical (unpaired) electrons. The van der Waals surface area contributed by atoms with E-state index in [2.05, 4.69) is 5.32 Å². The molecule has 0 bridgehead atoms. The largest absolute Gasteiger partial charge is 0.391 e. The number of nitrogens with zero attached hydrogens (tertiary/aromatic N) is 1. The average molecular weight is 212 g/mol. The maximum atomic E-state index is 12.2. The molecule has 2 N–H and O–H groups in total. The van der Waals surface area contributed by atoms with Crippen LogP contribution in [0.15, 0.2) is 0 Å². The highest BCUT2D eigenvalue weighted by atomic mass is 16.3. The Morgan fingerprint density at radius 1 is 1.53 bits per heavy atom. The molecule has 0 spiro atoms. The molecule has 2 atom stereocenters. The summed E-state index contributed by atoms with van der Waals surface area (Å²) in [6, 6.07) is 0. The molecule has 2 fully saturated rings. The van der Waals surface area contributed by atoms with E-state index < -0.39 is 0 Å². The summed E-state index contributed by atoms with van der Waals surface area (Å²) in [5, 5.41) is 12.8. The van der Waals surface area contributed by atoms with E-state index in [1.54, 1.807) is 0 Å². The molecular weight excluding hydrogens is 192 g/mol. The fraction of sp³-hybridized carbons (Fsp3) is 0.909. The first-order chi connectivity index (χ1) is 7.12. The lowest BCUT2D eigenvalue weighted by molar-refractivity contribution is -0.140. The topological polar surface area (TPSA) is 52.6 Å². The standard InChI is InChI=1S/C11H20N2O2/c1-11(5-3-6-12-11)10(15)13-7-2-4-9(14)8-13/h9,12,14H,2-8H2,1H3. The first-order valence-electron chi connectivity index (χ1n) is 5.84. The van der Waals surface area contributed by atoms with E-state index in [4.69, 9.17) is 0 Å². The van der Waals surface area contributed by atoms with Crippen LogP contribution in [0.4, 0.5) is 0 Å². The van der Waals surface area contributed by atoms with Crippen molar-refractivity contribution in [2.75, 3.05) is 19.6 Å². The van der Waals surface area contributed by atoms with Gasteiger partial charge in [0, 0.05) is 13.1 Å². The lowest BCUT2D eigenvalue weighted by Gasteiger charge is -2.36. The van der Waals surface area contributed by atoms with Crippen LogP contribution in [0.1, 0.15) is 32.6 Å². The van der Waals surface area contributed by atoms with Crippen LogP contribution in [0.5, 0.6) is 0 Å². The molecule has 4 nitrogen and oxygen atoms in total. The van der Waals surface area contributed by atoms with Gasteiger partial charge in [-0.1, -0.05) is 0 Å². The molecule has 2 heterocycles. The Balaban J connectivity index is 2.00. The summed E-state index contributed by atoms with van der Waals surface area (Å²) in [5.41, 5.74) is -0.378. The second-order valence-corrected chi connectivity index (χ2v) is 4.91. The van der Waals surface area contributed by atoms with E-state index in [0.717, 1.165) is 38.8 Å². The second-order valence-electron chi connectivity index (χ2n) is 4.91. The molecule has 0 saturated carbocycles. The average Bonchev–Trinajstić information content (AvgIpc) is 2.65. The Kier molecular flexibility index (Phi) is 2.98. The summed E-state index contributed by atoms with van der Waals surface area (Å²) in [4.78, 5) is 14.0. The first kappa shape index (κ1) is 10.9. The van der Waals surface area contributed by atoms with Crippen molar-refractivity contribution < 1.29 is 9.90 Å². The van der Waals surface area contributed by atoms with Gasteiger partial charge in [-0.3, -0.25) is 4.79 Å². The third kappa shape index (κ3) is 2.16. The number of carbonyl (C=O) groups excluding carboxylic acids is 1. The Morgan fingerprint density at radius 2 is 2.33 bits per heavy atom. The number of likely N-dealkylation sites (tertiary alicyclic amines) is 1. The van der Waals surface area contributed by atoms with Crippen LogP contribution in [-0.4, -0.2) is 47.2 Å². The lowest BCUT2D eigenvalue weighted by atomic mass is 9.96. The molecule has 2 unspecified atom stereocenters. The van der Waals surface area contributed by atoms with Crippen molar-refractivity contribution >= 4 is 5.91 Å². The third-order valence-electron chi connectivity index (χ3n) is 3.52. The predicted octanol–water partition coefficient (Wildman–Crippen LogP) is 0.112. The van der Waals surface area contributed by atoms with Gasteiger partial charge in [0.15, 0.2) is 0 Å². The fourth-order valence-corrected chi connectivity index (χ4v) is 2.57. The number of aliphatic hydroxyl groups is 1. The smallest absolute Gasteiger partial charge is 0.242 e. The molecule has 15 heavy (non-hydrogen) atoms. The zero-order valence-corrected chi connectivity index (χ0v) is 9.33. The molecule has 86 valence electrons. The van der Waals surface area contributed by atoms with Gasteiger partial charge in [0.05, 0.1) is 11.6 Å². The molecule has 2 aliphatic heterocycles. The summed E-state index contributed by atoms with van der Waals surface area (Å²) in [6.07, 6.45) is 3.40.